The van der Waals surface area contributed by atoms with Crippen molar-refractivity contribution in [1.29, 1.82) is 0 Å². The van der Waals surface area contributed by atoms with E-state index >= 15 is 0 Å². The van der Waals surface area contributed by atoms with Crippen molar-refractivity contribution in [1.82, 2.24) is 5.32 Å². The largest absolute Gasteiger partial charge is 0.305 e. The number of anilines is 1. The average Bonchev–Trinajstić information content (AvgIpc) is 2.72. The number of nitrogens with zero attached hydrogens (tertiary/aromatic N) is 1. The maximum absolute atomic E-state index is 12.3. The van der Waals surface area contributed by atoms with E-state index in [1.54, 1.807) is 23.9 Å². The SMILES string of the molecule is CSCC(C)CNC1CC(=O)N(c2ccccc2)C1=O. The number of carbonyl (C=O) groups is 2. The van der Waals surface area contributed by atoms with E-state index in [2.05, 4.69) is 18.5 Å². The summed E-state index contributed by atoms with van der Waals surface area (Å²) in [6.45, 7) is 2.90. The number of hydrogen-bond acceptors (Lipinski definition) is 4. The topological polar surface area (TPSA) is 49.4 Å². The van der Waals surface area contributed by atoms with Crippen LogP contribution in [-0.2, 0) is 9.59 Å². The first-order valence-corrected chi connectivity index (χ1v) is 8.17. The van der Waals surface area contributed by atoms with Crippen LogP contribution >= 0.6 is 11.8 Å². The van der Waals surface area contributed by atoms with Gasteiger partial charge in [0.1, 0.15) is 0 Å². The van der Waals surface area contributed by atoms with Crippen LogP contribution in [0.15, 0.2) is 30.3 Å². The molecule has 0 bridgehead atoms. The molecule has 1 aliphatic rings. The molecule has 5 heteroatoms. The Morgan fingerprint density at radius 1 is 1.35 bits per heavy atom. The zero-order chi connectivity index (χ0) is 14.5. The molecule has 1 fully saturated rings. The second kappa shape index (κ2) is 6.90. The molecule has 1 aromatic rings. The molecule has 4 nitrogen and oxygen atoms in total. The lowest BCUT2D eigenvalue weighted by atomic mass is 10.2. The number of rotatable bonds is 6. The van der Waals surface area contributed by atoms with Crippen molar-refractivity contribution in [2.24, 2.45) is 5.92 Å². The molecule has 0 aliphatic carbocycles. The van der Waals surface area contributed by atoms with Crippen molar-refractivity contribution in [3.05, 3.63) is 30.3 Å². The highest BCUT2D eigenvalue weighted by Gasteiger charge is 2.39. The molecule has 1 heterocycles. The lowest BCUT2D eigenvalue weighted by molar-refractivity contribution is -0.121. The van der Waals surface area contributed by atoms with Gasteiger partial charge in [-0.25, -0.2) is 4.90 Å². The van der Waals surface area contributed by atoms with Gasteiger partial charge < -0.3 is 5.32 Å². The quantitative estimate of drug-likeness (QED) is 0.814. The van der Waals surface area contributed by atoms with Crippen molar-refractivity contribution < 1.29 is 9.59 Å². The zero-order valence-electron chi connectivity index (χ0n) is 11.8. The fourth-order valence-electron chi connectivity index (χ4n) is 2.33. The molecular weight excluding hydrogens is 272 g/mol. The number of hydrogen-bond donors (Lipinski definition) is 1. The zero-order valence-corrected chi connectivity index (χ0v) is 12.7. The molecule has 2 unspecified atom stereocenters. The summed E-state index contributed by atoms with van der Waals surface area (Å²) in [4.78, 5) is 25.6. The summed E-state index contributed by atoms with van der Waals surface area (Å²) >= 11 is 1.79. The normalized spacial score (nSPS) is 20.5. The summed E-state index contributed by atoms with van der Waals surface area (Å²) in [5.74, 6) is 1.26. The van der Waals surface area contributed by atoms with Crippen molar-refractivity contribution in [3.63, 3.8) is 0 Å². The van der Waals surface area contributed by atoms with E-state index in [4.69, 9.17) is 0 Å². The maximum Gasteiger partial charge on any atom is 0.251 e. The molecule has 0 saturated carbocycles. The Balaban J connectivity index is 1.99. The molecule has 0 spiro atoms. The van der Waals surface area contributed by atoms with E-state index in [1.165, 1.54) is 4.90 Å². The summed E-state index contributed by atoms with van der Waals surface area (Å²) in [6.07, 6.45) is 2.32. The number of thioether (sulfide) groups is 1. The minimum absolute atomic E-state index is 0.129. The number of benzene rings is 1. The van der Waals surface area contributed by atoms with E-state index in [1.807, 2.05) is 18.2 Å². The van der Waals surface area contributed by atoms with Crippen LogP contribution in [0.5, 0.6) is 0 Å². The summed E-state index contributed by atoms with van der Waals surface area (Å²) in [6, 6.07) is 8.72. The average molecular weight is 292 g/mol. The molecule has 2 rings (SSSR count). The van der Waals surface area contributed by atoms with E-state index in [0.29, 0.717) is 11.6 Å². The van der Waals surface area contributed by atoms with Crippen LogP contribution in [-0.4, -0.2) is 36.4 Å². The Hall–Kier alpha value is -1.33. The minimum atomic E-state index is -0.382. The fraction of sp³-hybridized carbons (Fsp3) is 0.467. The first kappa shape index (κ1) is 15.1. The molecule has 0 radical (unpaired) electrons. The monoisotopic (exact) mass is 292 g/mol. The Kier molecular flexibility index (Phi) is 5.20. The van der Waals surface area contributed by atoms with Crippen LogP contribution in [0.4, 0.5) is 5.69 Å². The molecule has 1 aliphatic heterocycles. The highest BCUT2D eigenvalue weighted by molar-refractivity contribution is 7.98. The van der Waals surface area contributed by atoms with Crippen LogP contribution < -0.4 is 10.2 Å². The molecule has 20 heavy (non-hydrogen) atoms. The van der Waals surface area contributed by atoms with Crippen LogP contribution in [0.1, 0.15) is 13.3 Å². The predicted octanol–water partition coefficient (Wildman–Crippen LogP) is 1.91. The lowest BCUT2D eigenvalue weighted by Gasteiger charge is -2.17. The third kappa shape index (κ3) is 3.41. The summed E-state index contributed by atoms with van der Waals surface area (Å²) in [5.41, 5.74) is 0.656. The van der Waals surface area contributed by atoms with Gasteiger partial charge in [0, 0.05) is 0 Å². The fourth-order valence-corrected chi connectivity index (χ4v) is 3.01. The summed E-state index contributed by atoms with van der Waals surface area (Å²) < 4.78 is 0. The van der Waals surface area contributed by atoms with Gasteiger partial charge in [-0.3, -0.25) is 9.59 Å². The summed E-state index contributed by atoms with van der Waals surface area (Å²) in [5, 5.41) is 3.22. The molecule has 0 aromatic heterocycles. The van der Waals surface area contributed by atoms with E-state index in [9.17, 15) is 9.59 Å². The van der Waals surface area contributed by atoms with Gasteiger partial charge in [0.15, 0.2) is 0 Å². The Bertz CT molecular complexity index is 478. The molecule has 1 saturated heterocycles. The van der Waals surface area contributed by atoms with Gasteiger partial charge in [0.05, 0.1) is 18.2 Å². The maximum atomic E-state index is 12.3. The number of amides is 2. The van der Waals surface area contributed by atoms with Gasteiger partial charge in [-0.15, -0.1) is 0 Å². The minimum Gasteiger partial charge on any atom is -0.305 e. The second-order valence-corrected chi connectivity index (χ2v) is 6.04. The van der Waals surface area contributed by atoms with E-state index in [-0.39, 0.29) is 24.3 Å². The van der Waals surface area contributed by atoms with Gasteiger partial charge in [-0.2, -0.15) is 11.8 Å². The number of carbonyl (C=O) groups excluding carboxylic acids is 2. The first-order chi connectivity index (χ1) is 9.63. The van der Waals surface area contributed by atoms with E-state index in [0.717, 1.165) is 12.3 Å². The highest BCUT2D eigenvalue weighted by atomic mass is 32.2. The molecule has 1 N–H and O–H groups in total. The smallest absolute Gasteiger partial charge is 0.251 e. The third-order valence-electron chi connectivity index (χ3n) is 3.32. The molecule has 2 amide bonds. The van der Waals surface area contributed by atoms with Gasteiger partial charge in [-0.05, 0) is 36.6 Å². The van der Waals surface area contributed by atoms with Crippen molar-refractivity contribution in [2.75, 3.05) is 23.5 Å². The third-order valence-corrected chi connectivity index (χ3v) is 4.23. The van der Waals surface area contributed by atoms with Gasteiger partial charge in [0.2, 0.25) is 5.91 Å². The standard InChI is InChI=1S/C15H20N2O2S/c1-11(10-20-2)9-16-13-8-14(18)17(15(13)19)12-6-4-3-5-7-12/h3-7,11,13,16H,8-10H2,1-2H3. The van der Waals surface area contributed by atoms with Gasteiger partial charge in [-0.1, -0.05) is 25.1 Å². The molecule has 1 aromatic carbocycles. The Morgan fingerprint density at radius 2 is 2.05 bits per heavy atom. The highest BCUT2D eigenvalue weighted by Crippen LogP contribution is 2.22. The van der Waals surface area contributed by atoms with Crippen LogP contribution in [0.3, 0.4) is 0 Å². The Labute approximate surface area is 123 Å². The molecule has 108 valence electrons. The van der Waals surface area contributed by atoms with Gasteiger partial charge in [0.25, 0.3) is 5.91 Å². The van der Waals surface area contributed by atoms with E-state index < -0.39 is 0 Å². The Morgan fingerprint density at radius 3 is 2.70 bits per heavy atom. The molecular formula is C15H20N2O2S. The molecule has 2 atom stereocenters. The van der Waals surface area contributed by atoms with Crippen molar-refractivity contribution in [3.8, 4) is 0 Å². The summed E-state index contributed by atoms with van der Waals surface area (Å²) in [7, 11) is 0. The van der Waals surface area contributed by atoms with Crippen LogP contribution in [0, 0.1) is 5.92 Å². The number of imide groups is 1. The van der Waals surface area contributed by atoms with Crippen LogP contribution in [0.25, 0.3) is 0 Å². The first-order valence-electron chi connectivity index (χ1n) is 6.77. The van der Waals surface area contributed by atoms with Crippen molar-refractivity contribution in [2.45, 2.75) is 19.4 Å². The van der Waals surface area contributed by atoms with Crippen LogP contribution in [0.2, 0.25) is 0 Å². The number of para-hydroxylation sites is 1. The second-order valence-electron chi connectivity index (χ2n) is 5.13. The van der Waals surface area contributed by atoms with Gasteiger partial charge >= 0.3 is 0 Å². The lowest BCUT2D eigenvalue weighted by Crippen LogP contribution is -2.40. The van der Waals surface area contributed by atoms with Crippen molar-refractivity contribution >= 4 is 29.3 Å². The number of nitrogens with one attached hydrogen (secondary N) is 1. The predicted molar refractivity (Wildman–Crippen MR) is 82.9 cm³/mol.